The van der Waals surface area contributed by atoms with Crippen LogP contribution in [0.3, 0.4) is 0 Å². The average molecular weight is 299 g/mol. The van der Waals surface area contributed by atoms with Gasteiger partial charge in [0.2, 0.25) is 0 Å². The van der Waals surface area contributed by atoms with E-state index < -0.39 is 0 Å². The maximum Gasteiger partial charge on any atom is 0.280 e. The van der Waals surface area contributed by atoms with Crippen molar-refractivity contribution in [2.75, 3.05) is 16.8 Å². The summed E-state index contributed by atoms with van der Waals surface area (Å²) in [7, 11) is 0. The molecule has 1 aromatic heterocycles. The highest BCUT2D eigenvalue weighted by Crippen LogP contribution is 2.35. The molecule has 1 aromatic carbocycles. The third-order valence-electron chi connectivity index (χ3n) is 4.25. The van der Waals surface area contributed by atoms with E-state index in [0.717, 1.165) is 17.8 Å². The lowest BCUT2D eigenvalue weighted by Gasteiger charge is -2.35. The number of rotatable bonds is 2. The minimum atomic E-state index is -0.110. The van der Waals surface area contributed by atoms with E-state index in [0.29, 0.717) is 18.0 Å². The van der Waals surface area contributed by atoms with Crippen molar-refractivity contribution in [1.29, 1.82) is 0 Å². The monoisotopic (exact) mass is 299 g/mol. The highest BCUT2D eigenvalue weighted by Gasteiger charge is 2.30. The van der Waals surface area contributed by atoms with E-state index in [1.165, 1.54) is 11.1 Å². The molecule has 1 N–H and O–H groups in total. The SMILES string of the molecule is CCC1CN(C(=O)c2cc(C)on2)c2cc(C)c(C)cc2N1. The zero-order valence-electron chi connectivity index (χ0n) is 13.4. The zero-order chi connectivity index (χ0) is 15.9. The first-order valence-corrected chi connectivity index (χ1v) is 7.62. The van der Waals surface area contributed by atoms with Crippen molar-refractivity contribution in [2.45, 2.75) is 40.2 Å². The lowest BCUT2D eigenvalue weighted by atomic mass is 10.0. The largest absolute Gasteiger partial charge is 0.379 e. The molecule has 22 heavy (non-hydrogen) atoms. The summed E-state index contributed by atoms with van der Waals surface area (Å²) in [5.41, 5.74) is 4.67. The molecule has 1 amide bonds. The Labute approximate surface area is 130 Å². The Balaban J connectivity index is 2.04. The van der Waals surface area contributed by atoms with Crippen LogP contribution in [-0.4, -0.2) is 23.7 Å². The molecule has 1 aliphatic heterocycles. The van der Waals surface area contributed by atoms with Gasteiger partial charge in [0.1, 0.15) is 5.76 Å². The third-order valence-corrected chi connectivity index (χ3v) is 4.25. The summed E-state index contributed by atoms with van der Waals surface area (Å²) < 4.78 is 5.05. The van der Waals surface area contributed by atoms with Gasteiger partial charge in [0.05, 0.1) is 11.4 Å². The molecule has 0 fully saturated rings. The number of hydrogen-bond acceptors (Lipinski definition) is 4. The molecule has 2 heterocycles. The lowest BCUT2D eigenvalue weighted by molar-refractivity contribution is 0.0976. The van der Waals surface area contributed by atoms with Crippen molar-refractivity contribution >= 4 is 17.3 Å². The van der Waals surface area contributed by atoms with Gasteiger partial charge in [-0.2, -0.15) is 0 Å². The quantitative estimate of drug-likeness (QED) is 0.922. The predicted molar refractivity (Wildman–Crippen MR) is 86.5 cm³/mol. The van der Waals surface area contributed by atoms with Gasteiger partial charge >= 0.3 is 0 Å². The van der Waals surface area contributed by atoms with Crippen LogP contribution in [0.2, 0.25) is 0 Å². The van der Waals surface area contributed by atoms with Gasteiger partial charge in [0.15, 0.2) is 5.69 Å². The normalized spacial score (nSPS) is 17.1. The Morgan fingerprint density at radius 3 is 2.68 bits per heavy atom. The van der Waals surface area contributed by atoms with E-state index in [2.05, 4.69) is 43.4 Å². The summed E-state index contributed by atoms with van der Waals surface area (Å²) >= 11 is 0. The fourth-order valence-corrected chi connectivity index (χ4v) is 2.75. The van der Waals surface area contributed by atoms with Crippen molar-refractivity contribution in [3.63, 3.8) is 0 Å². The molecule has 5 nitrogen and oxygen atoms in total. The van der Waals surface area contributed by atoms with Crippen molar-refractivity contribution in [2.24, 2.45) is 0 Å². The van der Waals surface area contributed by atoms with Crippen LogP contribution < -0.4 is 10.2 Å². The van der Waals surface area contributed by atoms with E-state index in [1.54, 1.807) is 13.0 Å². The Hall–Kier alpha value is -2.30. The first-order valence-electron chi connectivity index (χ1n) is 7.62. The van der Waals surface area contributed by atoms with Gasteiger partial charge in [0, 0.05) is 18.7 Å². The number of aryl methyl sites for hydroxylation is 3. The summed E-state index contributed by atoms with van der Waals surface area (Å²) in [4.78, 5) is 14.6. The van der Waals surface area contributed by atoms with E-state index in [4.69, 9.17) is 4.52 Å². The number of benzene rings is 1. The number of fused-ring (bicyclic) bond motifs is 1. The number of hydrogen-bond donors (Lipinski definition) is 1. The molecule has 1 unspecified atom stereocenters. The first kappa shape index (κ1) is 14.6. The molecule has 0 saturated heterocycles. The molecular formula is C17H21N3O2. The van der Waals surface area contributed by atoms with Crippen molar-refractivity contribution in [3.05, 3.63) is 40.8 Å². The Morgan fingerprint density at radius 1 is 1.32 bits per heavy atom. The Kier molecular flexibility index (Phi) is 3.64. The maximum atomic E-state index is 12.8. The van der Waals surface area contributed by atoms with Gasteiger partial charge in [-0.05, 0) is 50.5 Å². The molecule has 5 heteroatoms. The number of nitrogens with one attached hydrogen (secondary N) is 1. The number of nitrogens with zero attached hydrogens (tertiary/aromatic N) is 2. The van der Waals surface area contributed by atoms with Crippen LogP contribution in [0.15, 0.2) is 22.7 Å². The van der Waals surface area contributed by atoms with Crippen LogP contribution in [0.5, 0.6) is 0 Å². The minimum absolute atomic E-state index is 0.110. The lowest BCUT2D eigenvalue weighted by Crippen LogP contribution is -2.44. The summed E-state index contributed by atoms with van der Waals surface area (Å²) in [5, 5.41) is 7.39. The van der Waals surface area contributed by atoms with Crippen LogP contribution in [-0.2, 0) is 0 Å². The Bertz CT molecular complexity index is 721. The molecule has 116 valence electrons. The molecule has 0 bridgehead atoms. The molecule has 1 atom stereocenters. The van der Waals surface area contributed by atoms with E-state index in [9.17, 15) is 4.79 Å². The van der Waals surface area contributed by atoms with Gasteiger partial charge in [-0.15, -0.1) is 0 Å². The second-order valence-corrected chi connectivity index (χ2v) is 5.94. The molecule has 0 spiro atoms. The molecule has 1 aliphatic rings. The highest BCUT2D eigenvalue weighted by atomic mass is 16.5. The summed E-state index contributed by atoms with van der Waals surface area (Å²) in [6.07, 6.45) is 0.952. The van der Waals surface area contributed by atoms with Crippen molar-refractivity contribution in [1.82, 2.24) is 5.16 Å². The summed E-state index contributed by atoms with van der Waals surface area (Å²) in [5.74, 6) is 0.534. The smallest absolute Gasteiger partial charge is 0.280 e. The maximum absolute atomic E-state index is 12.8. The molecule has 0 radical (unpaired) electrons. The predicted octanol–water partition coefficient (Wildman–Crippen LogP) is 3.45. The minimum Gasteiger partial charge on any atom is -0.379 e. The van der Waals surface area contributed by atoms with Gasteiger partial charge in [-0.1, -0.05) is 12.1 Å². The molecule has 0 aliphatic carbocycles. The highest BCUT2D eigenvalue weighted by molar-refractivity contribution is 6.07. The van der Waals surface area contributed by atoms with Crippen LogP contribution in [0.25, 0.3) is 0 Å². The van der Waals surface area contributed by atoms with Crippen LogP contribution in [0, 0.1) is 20.8 Å². The van der Waals surface area contributed by atoms with Gasteiger partial charge in [-0.3, -0.25) is 4.79 Å². The van der Waals surface area contributed by atoms with Crippen molar-refractivity contribution in [3.8, 4) is 0 Å². The van der Waals surface area contributed by atoms with Gasteiger partial charge < -0.3 is 14.7 Å². The number of carbonyl (C=O) groups is 1. The van der Waals surface area contributed by atoms with Crippen LogP contribution in [0.1, 0.15) is 40.7 Å². The van der Waals surface area contributed by atoms with Gasteiger partial charge in [-0.25, -0.2) is 0 Å². The van der Waals surface area contributed by atoms with Gasteiger partial charge in [0.25, 0.3) is 5.91 Å². The zero-order valence-corrected chi connectivity index (χ0v) is 13.4. The van der Waals surface area contributed by atoms with Crippen LogP contribution in [0.4, 0.5) is 11.4 Å². The second kappa shape index (κ2) is 5.48. The average Bonchev–Trinajstić information content (AvgIpc) is 2.93. The fourth-order valence-electron chi connectivity index (χ4n) is 2.75. The Morgan fingerprint density at radius 2 is 2.05 bits per heavy atom. The van der Waals surface area contributed by atoms with Crippen molar-refractivity contribution < 1.29 is 9.32 Å². The topological polar surface area (TPSA) is 58.4 Å². The standard InChI is InChI=1S/C17H21N3O2/c1-5-13-9-20(17(21)15-8-12(4)22-19-15)16-7-11(3)10(2)6-14(16)18-13/h6-8,13,18H,5,9H2,1-4H3. The second-order valence-electron chi connectivity index (χ2n) is 5.94. The molecular weight excluding hydrogens is 278 g/mol. The third kappa shape index (κ3) is 2.47. The summed E-state index contributed by atoms with van der Waals surface area (Å²) in [6.45, 7) is 8.69. The van der Waals surface area contributed by atoms with E-state index in [1.807, 2.05) is 4.90 Å². The first-order chi connectivity index (χ1) is 10.5. The van der Waals surface area contributed by atoms with E-state index >= 15 is 0 Å². The van der Waals surface area contributed by atoms with E-state index in [-0.39, 0.29) is 11.9 Å². The number of anilines is 2. The number of aromatic nitrogens is 1. The molecule has 0 saturated carbocycles. The fraction of sp³-hybridized carbons (Fsp3) is 0.412. The molecule has 2 aromatic rings. The molecule has 3 rings (SSSR count). The number of amides is 1. The number of carbonyl (C=O) groups excluding carboxylic acids is 1. The summed E-state index contributed by atoms with van der Waals surface area (Å²) in [6, 6.07) is 6.10. The van der Waals surface area contributed by atoms with Crippen LogP contribution >= 0.6 is 0 Å².